The van der Waals surface area contributed by atoms with Gasteiger partial charge in [0.2, 0.25) is 5.91 Å². The topological polar surface area (TPSA) is 52.6 Å². The van der Waals surface area contributed by atoms with Crippen LogP contribution in [0, 0.1) is 6.92 Å². The van der Waals surface area contributed by atoms with Crippen molar-refractivity contribution < 1.29 is 9.90 Å². The lowest BCUT2D eigenvalue weighted by molar-refractivity contribution is -0.117. The number of likely N-dealkylation sites (N-methyl/N-ethyl adjacent to an activating group) is 1. The number of hydrogen-bond acceptors (Lipinski definition) is 3. The maximum Gasteiger partial charge on any atom is 0.238 e. The number of aliphatic hydroxyl groups is 1. The second-order valence-corrected chi connectivity index (χ2v) is 6.30. The molecule has 1 amide bonds. The predicted molar refractivity (Wildman–Crippen MR) is 98.3 cm³/mol. The highest BCUT2D eigenvalue weighted by Gasteiger charge is 2.19. The van der Waals surface area contributed by atoms with E-state index in [1.807, 2.05) is 55.3 Å². The molecular weight excluding hydrogens is 324 g/mol. The van der Waals surface area contributed by atoms with Crippen molar-refractivity contribution in [3.8, 4) is 0 Å². The number of nitrogens with one attached hydrogen (secondary N) is 1. The number of nitrogens with zero attached hydrogens (tertiary/aromatic N) is 1. The number of anilines is 1. The van der Waals surface area contributed by atoms with E-state index >= 15 is 0 Å². The van der Waals surface area contributed by atoms with E-state index in [0.717, 1.165) is 16.8 Å². The van der Waals surface area contributed by atoms with Crippen LogP contribution >= 0.6 is 11.6 Å². The number of rotatable bonds is 7. The molecule has 4 nitrogen and oxygen atoms in total. The van der Waals surface area contributed by atoms with E-state index < -0.39 is 0 Å². The summed E-state index contributed by atoms with van der Waals surface area (Å²) >= 11 is 5.99. The molecule has 5 heteroatoms. The molecule has 2 aromatic rings. The molecule has 1 unspecified atom stereocenters. The fourth-order valence-electron chi connectivity index (χ4n) is 2.69. The van der Waals surface area contributed by atoms with E-state index in [-0.39, 0.29) is 25.1 Å². The maximum absolute atomic E-state index is 12.4. The van der Waals surface area contributed by atoms with Gasteiger partial charge in [-0.3, -0.25) is 9.69 Å². The molecule has 0 saturated heterocycles. The van der Waals surface area contributed by atoms with Crippen molar-refractivity contribution in [3.63, 3.8) is 0 Å². The zero-order valence-corrected chi connectivity index (χ0v) is 14.8. The Kier molecular flexibility index (Phi) is 6.79. The first-order chi connectivity index (χ1) is 11.5. The van der Waals surface area contributed by atoms with Gasteiger partial charge in [-0.2, -0.15) is 0 Å². The number of benzene rings is 2. The smallest absolute Gasteiger partial charge is 0.238 e. The van der Waals surface area contributed by atoms with Gasteiger partial charge >= 0.3 is 0 Å². The molecule has 2 N–H and O–H groups in total. The summed E-state index contributed by atoms with van der Waals surface area (Å²) in [5.41, 5.74) is 2.77. The highest BCUT2D eigenvalue weighted by atomic mass is 35.5. The van der Waals surface area contributed by atoms with Gasteiger partial charge in [0.05, 0.1) is 6.54 Å². The van der Waals surface area contributed by atoms with Gasteiger partial charge in [0.1, 0.15) is 0 Å². The zero-order valence-electron chi connectivity index (χ0n) is 14.0. The summed E-state index contributed by atoms with van der Waals surface area (Å²) in [5.74, 6) is -0.110. The van der Waals surface area contributed by atoms with E-state index in [2.05, 4.69) is 5.32 Å². The standard InChI is InChI=1S/C19H23ClN2O2/c1-14-8-9-16(20)12-17(14)21-19(24)13-22(2)18(10-11-23)15-6-4-3-5-7-15/h3-9,12,18,23H,10-11,13H2,1-2H3,(H,21,24). The quantitative estimate of drug-likeness (QED) is 0.804. The lowest BCUT2D eigenvalue weighted by Gasteiger charge is -2.27. The maximum atomic E-state index is 12.4. The Labute approximate surface area is 148 Å². The molecule has 2 aromatic carbocycles. The summed E-state index contributed by atoms with van der Waals surface area (Å²) in [6.07, 6.45) is 0.573. The number of amides is 1. The molecule has 0 heterocycles. The summed E-state index contributed by atoms with van der Waals surface area (Å²) in [6.45, 7) is 2.22. The van der Waals surface area contributed by atoms with Crippen LogP contribution in [0.25, 0.3) is 0 Å². The highest BCUT2D eigenvalue weighted by Crippen LogP contribution is 2.23. The van der Waals surface area contributed by atoms with E-state index in [4.69, 9.17) is 11.6 Å². The van der Waals surface area contributed by atoms with Crippen molar-refractivity contribution >= 4 is 23.2 Å². The van der Waals surface area contributed by atoms with Crippen LogP contribution in [0.4, 0.5) is 5.69 Å². The van der Waals surface area contributed by atoms with Crippen molar-refractivity contribution in [2.24, 2.45) is 0 Å². The molecular formula is C19H23ClN2O2. The number of hydrogen-bond donors (Lipinski definition) is 2. The van der Waals surface area contributed by atoms with Gasteiger partial charge in [0.25, 0.3) is 0 Å². The van der Waals surface area contributed by atoms with Gasteiger partial charge in [-0.05, 0) is 43.7 Å². The first-order valence-electron chi connectivity index (χ1n) is 7.93. The van der Waals surface area contributed by atoms with Crippen LogP contribution in [-0.2, 0) is 4.79 Å². The number of carbonyl (C=O) groups is 1. The van der Waals surface area contributed by atoms with Crippen molar-refractivity contribution in [1.82, 2.24) is 4.90 Å². The van der Waals surface area contributed by atoms with Gasteiger partial charge < -0.3 is 10.4 Å². The van der Waals surface area contributed by atoms with Crippen molar-refractivity contribution in [3.05, 3.63) is 64.7 Å². The second kappa shape index (κ2) is 8.83. The summed E-state index contributed by atoms with van der Waals surface area (Å²) in [6, 6.07) is 15.3. The number of aliphatic hydroxyl groups excluding tert-OH is 1. The van der Waals surface area contributed by atoms with Gasteiger partial charge in [0, 0.05) is 23.4 Å². The summed E-state index contributed by atoms with van der Waals surface area (Å²) in [5, 5.41) is 12.8. The zero-order chi connectivity index (χ0) is 17.5. The SMILES string of the molecule is Cc1ccc(Cl)cc1NC(=O)CN(C)C(CCO)c1ccccc1. The number of aryl methyl sites for hydroxylation is 1. The van der Waals surface area contributed by atoms with Crippen molar-refractivity contribution in [2.45, 2.75) is 19.4 Å². The van der Waals surface area contributed by atoms with Gasteiger partial charge in [-0.15, -0.1) is 0 Å². The van der Waals surface area contributed by atoms with Crippen molar-refractivity contribution in [1.29, 1.82) is 0 Å². The summed E-state index contributed by atoms with van der Waals surface area (Å²) < 4.78 is 0. The van der Waals surface area contributed by atoms with Crippen molar-refractivity contribution in [2.75, 3.05) is 25.5 Å². The van der Waals surface area contributed by atoms with Gasteiger partial charge in [0.15, 0.2) is 0 Å². The summed E-state index contributed by atoms with van der Waals surface area (Å²) in [4.78, 5) is 14.3. The minimum atomic E-state index is -0.110. The fraction of sp³-hybridized carbons (Fsp3) is 0.316. The number of carbonyl (C=O) groups excluding carboxylic acids is 1. The first kappa shape index (κ1) is 18.5. The predicted octanol–water partition coefficient (Wildman–Crippen LogP) is 3.64. The van der Waals surface area contributed by atoms with Crippen LogP contribution in [0.15, 0.2) is 48.5 Å². The Morgan fingerprint density at radius 1 is 1.25 bits per heavy atom. The van der Waals surface area contributed by atoms with Crippen LogP contribution in [-0.4, -0.2) is 36.1 Å². The third-order valence-corrected chi connectivity index (χ3v) is 4.22. The molecule has 24 heavy (non-hydrogen) atoms. The summed E-state index contributed by atoms with van der Waals surface area (Å²) in [7, 11) is 1.89. The largest absolute Gasteiger partial charge is 0.396 e. The third-order valence-electron chi connectivity index (χ3n) is 3.99. The van der Waals surface area contributed by atoms with E-state index in [9.17, 15) is 9.90 Å². The fourth-order valence-corrected chi connectivity index (χ4v) is 2.87. The molecule has 1 atom stereocenters. The molecule has 0 bridgehead atoms. The first-order valence-corrected chi connectivity index (χ1v) is 8.31. The molecule has 0 aromatic heterocycles. The molecule has 0 saturated carbocycles. The second-order valence-electron chi connectivity index (χ2n) is 5.86. The van der Waals surface area contributed by atoms with Crippen LogP contribution in [0.2, 0.25) is 5.02 Å². The Hall–Kier alpha value is -1.88. The molecule has 0 fully saturated rings. The van der Waals surface area contributed by atoms with E-state index in [1.54, 1.807) is 12.1 Å². The Morgan fingerprint density at radius 3 is 2.62 bits per heavy atom. The minimum Gasteiger partial charge on any atom is -0.396 e. The van der Waals surface area contributed by atoms with Gasteiger partial charge in [-0.1, -0.05) is 48.0 Å². The third kappa shape index (κ3) is 5.06. The number of halogens is 1. The Morgan fingerprint density at radius 2 is 1.96 bits per heavy atom. The Balaban J connectivity index is 2.04. The van der Waals surface area contributed by atoms with Crippen LogP contribution in [0.1, 0.15) is 23.6 Å². The normalized spacial score (nSPS) is 12.2. The molecule has 0 aliphatic heterocycles. The Bertz CT molecular complexity index is 676. The minimum absolute atomic E-state index is 0.0117. The van der Waals surface area contributed by atoms with E-state index in [0.29, 0.717) is 11.4 Å². The highest BCUT2D eigenvalue weighted by molar-refractivity contribution is 6.31. The van der Waals surface area contributed by atoms with E-state index in [1.165, 1.54) is 0 Å². The van der Waals surface area contributed by atoms with Crippen LogP contribution < -0.4 is 5.32 Å². The molecule has 128 valence electrons. The lowest BCUT2D eigenvalue weighted by atomic mass is 10.0. The van der Waals surface area contributed by atoms with Crippen LogP contribution in [0.3, 0.4) is 0 Å². The molecule has 0 radical (unpaired) electrons. The molecule has 0 aliphatic rings. The van der Waals surface area contributed by atoms with Crippen LogP contribution in [0.5, 0.6) is 0 Å². The molecule has 0 spiro atoms. The molecule has 0 aliphatic carbocycles. The average Bonchev–Trinajstić information content (AvgIpc) is 2.56. The van der Waals surface area contributed by atoms with Gasteiger partial charge in [-0.25, -0.2) is 0 Å². The molecule has 2 rings (SSSR count). The average molecular weight is 347 g/mol. The lowest BCUT2D eigenvalue weighted by Crippen LogP contribution is -2.34. The monoisotopic (exact) mass is 346 g/mol.